The number of carbonyl (C=O) groups is 2. The molecule has 0 saturated heterocycles. The molecule has 0 aliphatic heterocycles. The minimum atomic E-state index is -5.08. The first-order valence-corrected chi connectivity index (χ1v) is 2.28. The largest absolute Gasteiger partial charge is 0.490 e. The molecule has 0 rings (SSSR count). The molecule has 0 unspecified atom stereocenters. The Balaban J connectivity index is 0. The molecule has 0 atom stereocenters. The normalized spacial score (nSPS) is 8.83. The zero-order valence-electron chi connectivity index (χ0n) is 5.55. The van der Waals surface area contributed by atoms with Crippen molar-refractivity contribution in [3.63, 3.8) is 0 Å². The van der Waals surface area contributed by atoms with Gasteiger partial charge in [-0.1, -0.05) is 0 Å². The zero-order valence-corrected chi connectivity index (χ0v) is 5.55. The summed E-state index contributed by atoms with van der Waals surface area (Å²) in [4.78, 5) is 18.2. The molecule has 0 heterocycles. The number of carboxylic acids is 1. The number of primary amides is 1. The highest BCUT2D eigenvalue weighted by molar-refractivity contribution is 5.91. The number of carbonyl (C=O) groups excluding carboxylic acids is 1. The summed E-state index contributed by atoms with van der Waals surface area (Å²) in [6, 6.07) is 0. The molecule has 0 aromatic carbocycles. The van der Waals surface area contributed by atoms with Gasteiger partial charge in [0.05, 0.1) is 0 Å². The van der Waals surface area contributed by atoms with Gasteiger partial charge < -0.3 is 10.8 Å². The average molecular weight is 183 g/mol. The van der Waals surface area contributed by atoms with Gasteiger partial charge in [-0.05, 0) is 5.92 Å². The third kappa shape index (κ3) is 11.1. The third-order valence-corrected chi connectivity index (χ3v) is 0.385. The van der Waals surface area contributed by atoms with E-state index in [0.717, 1.165) is 0 Å². The van der Waals surface area contributed by atoms with Crippen molar-refractivity contribution in [2.24, 2.45) is 5.73 Å². The average Bonchev–Trinajstić information content (AvgIpc) is 1.87. The Labute approximate surface area is 65.2 Å². The van der Waals surface area contributed by atoms with Gasteiger partial charge in [0.2, 0.25) is 0 Å². The Bertz CT molecular complexity index is 215. The number of alkyl halides is 3. The molecule has 0 bridgehead atoms. The van der Waals surface area contributed by atoms with Crippen LogP contribution in [0, 0.1) is 12.3 Å². The van der Waals surface area contributed by atoms with E-state index in [4.69, 9.17) is 9.90 Å². The van der Waals surface area contributed by atoms with Crippen LogP contribution < -0.4 is 5.73 Å². The van der Waals surface area contributed by atoms with Crippen LogP contribution in [0.4, 0.5) is 13.2 Å². The smallest absolute Gasteiger partial charge is 0.475 e. The van der Waals surface area contributed by atoms with Gasteiger partial charge in [0.15, 0.2) is 0 Å². The lowest BCUT2D eigenvalue weighted by molar-refractivity contribution is -0.192. The summed E-state index contributed by atoms with van der Waals surface area (Å²) in [7, 11) is 0. The van der Waals surface area contributed by atoms with Crippen LogP contribution in [0.15, 0.2) is 0 Å². The molecular weight excluding hydrogens is 179 g/mol. The van der Waals surface area contributed by atoms with Crippen LogP contribution in [0.3, 0.4) is 0 Å². The van der Waals surface area contributed by atoms with E-state index in [1.165, 1.54) is 0 Å². The number of amides is 1. The SMILES string of the molecule is C#CC(N)=O.O=C(O)C(F)(F)F. The highest BCUT2D eigenvalue weighted by Gasteiger charge is 2.38. The number of carboxylic acid groups (broad SMARTS) is 1. The van der Waals surface area contributed by atoms with Crippen molar-refractivity contribution in [2.45, 2.75) is 6.18 Å². The molecule has 0 fully saturated rings. The summed E-state index contributed by atoms with van der Waals surface area (Å²) in [6.45, 7) is 0. The summed E-state index contributed by atoms with van der Waals surface area (Å²) >= 11 is 0. The molecule has 0 radical (unpaired) electrons. The van der Waals surface area contributed by atoms with E-state index in [1.54, 1.807) is 5.92 Å². The van der Waals surface area contributed by atoms with Gasteiger partial charge in [-0.15, -0.1) is 6.42 Å². The minimum absolute atomic E-state index is 0.718. The number of rotatable bonds is 0. The van der Waals surface area contributed by atoms with Crippen LogP contribution in [0.25, 0.3) is 0 Å². The van der Waals surface area contributed by atoms with Crippen LogP contribution in [0.5, 0.6) is 0 Å². The lowest BCUT2D eigenvalue weighted by Gasteiger charge is -1.93. The fraction of sp³-hybridized carbons (Fsp3) is 0.200. The zero-order chi connectivity index (χ0) is 10.4. The van der Waals surface area contributed by atoms with Gasteiger partial charge in [0.1, 0.15) is 0 Å². The Morgan fingerprint density at radius 3 is 1.58 bits per heavy atom. The molecule has 3 N–H and O–H groups in total. The van der Waals surface area contributed by atoms with E-state index >= 15 is 0 Å². The third-order valence-electron chi connectivity index (χ3n) is 0.385. The fourth-order valence-corrected chi connectivity index (χ4v) is 0. The van der Waals surface area contributed by atoms with Crippen molar-refractivity contribution in [1.29, 1.82) is 0 Å². The molecule has 7 heteroatoms. The van der Waals surface area contributed by atoms with Gasteiger partial charge in [-0.3, -0.25) is 4.79 Å². The summed E-state index contributed by atoms with van der Waals surface area (Å²) in [5.74, 6) is -1.81. The maximum atomic E-state index is 10.6. The van der Waals surface area contributed by atoms with Crippen molar-refractivity contribution in [2.75, 3.05) is 0 Å². The van der Waals surface area contributed by atoms with Crippen LogP contribution in [0.2, 0.25) is 0 Å². The van der Waals surface area contributed by atoms with Crippen LogP contribution >= 0.6 is 0 Å². The molecule has 0 spiro atoms. The number of hydrogen-bond acceptors (Lipinski definition) is 2. The van der Waals surface area contributed by atoms with Crippen LogP contribution in [0.1, 0.15) is 0 Å². The number of halogens is 3. The Kier molecular flexibility index (Phi) is 5.39. The van der Waals surface area contributed by atoms with Crippen LogP contribution in [-0.2, 0) is 9.59 Å². The quantitative estimate of drug-likeness (QED) is 0.507. The van der Waals surface area contributed by atoms with E-state index in [0.29, 0.717) is 0 Å². The Hall–Kier alpha value is -1.71. The maximum Gasteiger partial charge on any atom is 0.490 e. The first-order chi connectivity index (χ1) is 5.21. The molecule has 0 aromatic heterocycles. The number of terminal acetylenes is 1. The van der Waals surface area contributed by atoms with Gasteiger partial charge in [0, 0.05) is 0 Å². The topological polar surface area (TPSA) is 80.4 Å². The maximum absolute atomic E-state index is 10.6. The van der Waals surface area contributed by atoms with Crippen molar-refractivity contribution >= 4 is 11.9 Å². The second-order valence-electron chi connectivity index (χ2n) is 1.31. The van der Waals surface area contributed by atoms with E-state index in [1.807, 2.05) is 0 Å². The molecule has 0 aliphatic carbocycles. The lowest BCUT2D eigenvalue weighted by atomic mass is 10.7. The summed E-state index contributed by atoms with van der Waals surface area (Å²) in [5, 5.41) is 7.12. The molecule has 0 aromatic rings. The highest BCUT2D eigenvalue weighted by Crippen LogP contribution is 2.13. The summed E-state index contributed by atoms with van der Waals surface area (Å²) in [6.07, 6.45) is -0.637. The molecule has 68 valence electrons. The second-order valence-corrected chi connectivity index (χ2v) is 1.31. The summed E-state index contributed by atoms with van der Waals surface area (Å²) < 4.78 is 31.7. The minimum Gasteiger partial charge on any atom is -0.475 e. The van der Waals surface area contributed by atoms with E-state index < -0.39 is 18.1 Å². The molecule has 0 aliphatic rings. The Morgan fingerprint density at radius 2 is 1.58 bits per heavy atom. The first kappa shape index (κ1) is 12.9. The van der Waals surface area contributed by atoms with Crippen molar-refractivity contribution in [1.82, 2.24) is 0 Å². The van der Waals surface area contributed by atoms with Gasteiger partial charge in [-0.2, -0.15) is 13.2 Å². The van der Waals surface area contributed by atoms with E-state index in [9.17, 15) is 18.0 Å². The molecule has 0 saturated carbocycles. The molecule has 4 nitrogen and oxygen atoms in total. The van der Waals surface area contributed by atoms with Crippen LogP contribution in [-0.4, -0.2) is 23.2 Å². The van der Waals surface area contributed by atoms with Crippen molar-refractivity contribution in [3.8, 4) is 12.3 Å². The fourth-order valence-electron chi connectivity index (χ4n) is 0. The number of hydrogen-bond donors (Lipinski definition) is 2. The summed E-state index contributed by atoms with van der Waals surface area (Å²) in [5.41, 5.74) is 4.42. The predicted molar refractivity (Wildman–Crippen MR) is 31.7 cm³/mol. The highest BCUT2D eigenvalue weighted by atomic mass is 19.4. The molecular formula is C5H4F3NO3. The monoisotopic (exact) mass is 183 g/mol. The molecule has 12 heavy (non-hydrogen) atoms. The lowest BCUT2D eigenvalue weighted by Crippen LogP contribution is -2.21. The van der Waals surface area contributed by atoms with E-state index in [-0.39, 0.29) is 0 Å². The Morgan fingerprint density at radius 1 is 1.42 bits per heavy atom. The van der Waals surface area contributed by atoms with Gasteiger partial charge in [-0.25, -0.2) is 4.79 Å². The van der Waals surface area contributed by atoms with Crippen molar-refractivity contribution < 1.29 is 27.9 Å². The number of nitrogens with two attached hydrogens (primary N) is 1. The number of aliphatic carboxylic acids is 1. The molecule has 1 amide bonds. The second kappa shape index (κ2) is 5.01. The van der Waals surface area contributed by atoms with E-state index in [2.05, 4.69) is 12.2 Å². The first-order valence-electron chi connectivity index (χ1n) is 2.28. The van der Waals surface area contributed by atoms with Gasteiger partial charge in [0.25, 0.3) is 5.91 Å². The van der Waals surface area contributed by atoms with Gasteiger partial charge >= 0.3 is 12.1 Å². The van der Waals surface area contributed by atoms with Crippen molar-refractivity contribution in [3.05, 3.63) is 0 Å². The predicted octanol–water partition coefficient (Wildman–Crippen LogP) is -0.262. The standard InChI is InChI=1S/C3H3NO.C2HF3O2/c1-2-3(4)5;3-2(4,5)1(6)7/h1H,(H2,4,5);(H,6,7).